The molecular weight excluding hydrogens is 392 g/mol. The number of thiophene rings is 1. The van der Waals surface area contributed by atoms with Gasteiger partial charge < -0.3 is 20.1 Å². The summed E-state index contributed by atoms with van der Waals surface area (Å²) in [6, 6.07) is 6.63. The Morgan fingerprint density at radius 3 is 2.41 bits per heavy atom. The molecule has 1 aromatic heterocycles. The van der Waals surface area contributed by atoms with Crippen LogP contribution in [0.15, 0.2) is 24.3 Å². The summed E-state index contributed by atoms with van der Waals surface area (Å²) in [6.45, 7) is 3.31. The van der Waals surface area contributed by atoms with Gasteiger partial charge >= 0.3 is 5.97 Å². The number of halogens is 1. The Hall–Kier alpha value is -2.42. The molecule has 0 unspecified atom stereocenters. The highest BCUT2D eigenvalue weighted by molar-refractivity contribution is 7.18. The number of methoxy groups -OCH3 is 1. The number of amides is 2. The topological polar surface area (TPSA) is 93.7 Å². The number of ether oxygens (including phenoxy) is 2. The van der Waals surface area contributed by atoms with E-state index in [0.29, 0.717) is 21.2 Å². The molecule has 2 aromatic rings. The van der Waals surface area contributed by atoms with Crippen LogP contribution in [0.25, 0.3) is 0 Å². The second kappa shape index (κ2) is 9.50. The van der Waals surface area contributed by atoms with Crippen molar-refractivity contribution < 1.29 is 23.9 Å². The van der Waals surface area contributed by atoms with Gasteiger partial charge in [0, 0.05) is 17.8 Å². The molecule has 0 spiro atoms. The van der Waals surface area contributed by atoms with Crippen LogP contribution < -0.4 is 10.6 Å². The van der Waals surface area contributed by atoms with Crippen molar-refractivity contribution in [2.75, 3.05) is 31.0 Å². The molecule has 0 saturated carbocycles. The zero-order valence-electron chi connectivity index (χ0n) is 15.1. The molecule has 0 radical (unpaired) electrons. The smallest absolute Gasteiger partial charge is 0.341 e. The number of rotatable bonds is 7. The van der Waals surface area contributed by atoms with Gasteiger partial charge in [-0.25, -0.2) is 4.79 Å². The van der Waals surface area contributed by atoms with Crippen LogP contribution in [0.2, 0.25) is 5.02 Å². The molecular formula is C18H19ClN2O5S. The van der Waals surface area contributed by atoms with Crippen molar-refractivity contribution in [3.8, 4) is 0 Å². The van der Waals surface area contributed by atoms with Crippen LogP contribution >= 0.6 is 22.9 Å². The maximum atomic E-state index is 12.7. The molecule has 1 heterocycles. The number of hydrogen-bond donors (Lipinski definition) is 2. The molecule has 0 atom stereocenters. The van der Waals surface area contributed by atoms with E-state index in [-0.39, 0.29) is 23.8 Å². The van der Waals surface area contributed by atoms with Gasteiger partial charge in [0.05, 0.1) is 17.0 Å². The summed E-state index contributed by atoms with van der Waals surface area (Å²) >= 11 is 6.84. The minimum atomic E-state index is -0.607. The Bertz CT molecular complexity index is 848. The van der Waals surface area contributed by atoms with Gasteiger partial charge in [-0.2, -0.15) is 0 Å². The largest absolute Gasteiger partial charge is 0.462 e. The van der Waals surface area contributed by atoms with Gasteiger partial charge in [-0.15, -0.1) is 11.3 Å². The van der Waals surface area contributed by atoms with E-state index in [1.165, 1.54) is 7.11 Å². The Kier molecular flexibility index (Phi) is 7.35. The number of anilines is 2. The van der Waals surface area contributed by atoms with E-state index in [0.717, 1.165) is 11.3 Å². The van der Waals surface area contributed by atoms with Crippen LogP contribution in [0, 0.1) is 6.92 Å². The lowest BCUT2D eigenvalue weighted by molar-refractivity contribution is -0.119. The summed E-state index contributed by atoms with van der Waals surface area (Å²) in [6.07, 6.45) is 0. The Morgan fingerprint density at radius 2 is 1.81 bits per heavy atom. The van der Waals surface area contributed by atoms with Crippen LogP contribution in [0.4, 0.5) is 10.7 Å². The molecule has 0 fully saturated rings. The Balaban J connectivity index is 2.34. The summed E-state index contributed by atoms with van der Waals surface area (Å²) in [5, 5.41) is 6.13. The number of benzene rings is 1. The first-order valence-electron chi connectivity index (χ1n) is 8.03. The molecule has 2 N–H and O–H groups in total. The average molecular weight is 411 g/mol. The van der Waals surface area contributed by atoms with Gasteiger partial charge in [-0.1, -0.05) is 11.6 Å². The summed E-state index contributed by atoms with van der Waals surface area (Å²) in [7, 11) is 1.39. The second-order valence-corrected chi connectivity index (χ2v) is 6.88. The number of nitrogens with one attached hydrogen (secondary N) is 2. The standard InChI is InChI=1S/C18H19ClN2O5S/c1-4-26-18(24)14-10(2)15(27-17(14)21-13(22)9-25-3)16(23)20-12-7-5-11(19)6-8-12/h5-8H,4,9H2,1-3H3,(H,20,23)(H,21,22). The predicted molar refractivity (Wildman–Crippen MR) is 105 cm³/mol. The van der Waals surface area contributed by atoms with Crippen molar-refractivity contribution in [2.45, 2.75) is 13.8 Å². The minimum Gasteiger partial charge on any atom is -0.462 e. The van der Waals surface area contributed by atoms with E-state index < -0.39 is 17.8 Å². The Morgan fingerprint density at radius 1 is 1.15 bits per heavy atom. The molecule has 7 nitrogen and oxygen atoms in total. The van der Waals surface area contributed by atoms with Crippen molar-refractivity contribution in [1.29, 1.82) is 0 Å². The molecule has 27 heavy (non-hydrogen) atoms. The van der Waals surface area contributed by atoms with E-state index in [9.17, 15) is 14.4 Å². The summed E-state index contributed by atoms with van der Waals surface area (Å²) < 4.78 is 9.84. The molecule has 0 aliphatic heterocycles. The van der Waals surface area contributed by atoms with Gasteiger partial charge in [-0.05, 0) is 43.7 Å². The van der Waals surface area contributed by atoms with E-state index in [1.807, 2.05) is 0 Å². The van der Waals surface area contributed by atoms with Crippen LogP contribution in [0.5, 0.6) is 0 Å². The fourth-order valence-corrected chi connectivity index (χ4v) is 3.51. The molecule has 144 valence electrons. The maximum absolute atomic E-state index is 12.7. The van der Waals surface area contributed by atoms with Gasteiger partial charge in [0.15, 0.2) is 0 Å². The van der Waals surface area contributed by atoms with Gasteiger partial charge in [-0.3, -0.25) is 9.59 Å². The predicted octanol–water partition coefficient (Wildman–Crippen LogP) is 3.72. The Labute approximate surface area is 165 Å². The minimum absolute atomic E-state index is 0.160. The molecule has 0 saturated heterocycles. The fraction of sp³-hybridized carbons (Fsp3) is 0.278. The lowest BCUT2D eigenvalue weighted by Gasteiger charge is -2.06. The van der Waals surface area contributed by atoms with Crippen molar-refractivity contribution in [3.05, 3.63) is 45.3 Å². The van der Waals surface area contributed by atoms with Crippen molar-refractivity contribution >= 4 is 51.4 Å². The van der Waals surface area contributed by atoms with Gasteiger partial charge in [0.2, 0.25) is 0 Å². The lowest BCUT2D eigenvalue weighted by Crippen LogP contribution is -2.18. The van der Waals surface area contributed by atoms with Gasteiger partial charge in [0.1, 0.15) is 11.6 Å². The van der Waals surface area contributed by atoms with Crippen molar-refractivity contribution in [2.24, 2.45) is 0 Å². The normalized spacial score (nSPS) is 10.4. The highest BCUT2D eigenvalue weighted by Gasteiger charge is 2.26. The SMILES string of the molecule is CCOC(=O)c1c(NC(=O)COC)sc(C(=O)Nc2ccc(Cl)cc2)c1C. The third-order valence-corrected chi connectivity index (χ3v) is 4.92. The molecule has 9 heteroatoms. The van der Waals surface area contributed by atoms with Crippen LogP contribution in [0.3, 0.4) is 0 Å². The summed E-state index contributed by atoms with van der Waals surface area (Å²) in [5.74, 6) is -1.45. The van der Waals surface area contributed by atoms with E-state index in [2.05, 4.69) is 10.6 Å². The van der Waals surface area contributed by atoms with Crippen LogP contribution in [-0.4, -0.2) is 38.1 Å². The molecule has 0 aliphatic carbocycles. The fourth-order valence-electron chi connectivity index (χ4n) is 2.28. The third-order valence-electron chi connectivity index (χ3n) is 3.46. The quantitative estimate of drug-likeness (QED) is 0.678. The highest BCUT2D eigenvalue weighted by atomic mass is 35.5. The van der Waals surface area contributed by atoms with Crippen LogP contribution in [0.1, 0.15) is 32.5 Å². The molecule has 2 rings (SSSR count). The monoisotopic (exact) mass is 410 g/mol. The molecule has 1 aromatic carbocycles. The zero-order valence-corrected chi connectivity index (χ0v) is 16.6. The van der Waals surface area contributed by atoms with E-state index in [1.54, 1.807) is 38.1 Å². The maximum Gasteiger partial charge on any atom is 0.341 e. The van der Waals surface area contributed by atoms with Crippen molar-refractivity contribution in [3.63, 3.8) is 0 Å². The summed E-state index contributed by atoms with van der Waals surface area (Å²) in [4.78, 5) is 37.1. The van der Waals surface area contributed by atoms with Gasteiger partial charge in [0.25, 0.3) is 11.8 Å². The highest BCUT2D eigenvalue weighted by Crippen LogP contribution is 2.34. The molecule has 0 bridgehead atoms. The number of hydrogen-bond acceptors (Lipinski definition) is 6. The van der Waals surface area contributed by atoms with E-state index >= 15 is 0 Å². The molecule has 0 aliphatic rings. The first-order valence-corrected chi connectivity index (χ1v) is 9.23. The molecule has 2 amide bonds. The average Bonchev–Trinajstić information content (AvgIpc) is 2.93. The number of esters is 1. The lowest BCUT2D eigenvalue weighted by atomic mass is 10.1. The van der Waals surface area contributed by atoms with Crippen LogP contribution in [-0.2, 0) is 14.3 Å². The third kappa shape index (κ3) is 5.29. The van der Waals surface area contributed by atoms with E-state index in [4.69, 9.17) is 21.1 Å². The summed E-state index contributed by atoms with van der Waals surface area (Å²) in [5.41, 5.74) is 1.14. The number of carbonyl (C=O) groups is 3. The second-order valence-electron chi connectivity index (χ2n) is 5.42. The zero-order chi connectivity index (χ0) is 20.0. The van der Waals surface area contributed by atoms with Crippen molar-refractivity contribution in [1.82, 2.24) is 0 Å². The first-order chi connectivity index (χ1) is 12.9. The number of carbonyl (C=O) groups excluding carboxylic acids is 3. The first kappa shape index (κ1) is 20.9.